The number of aromatic amines is 1. The fourth-order valence-electron chi connectivity index (χ4n) is 4.57. The summed E-state index contributed by atoms with van der Waals surface area (Å²) in [5.74, 6) is 0.469. The van der Waals surface area contributed by atoms with Crippen molar-refractivity contribution >= 4 is 27.7 Å². The molecule has 1 atom stereocenters. The Labute approximate surface area is 185 Å². The quantitative estimate of drug-likeness (QED) is 0.713. The lowest BCUT2D eigenvalue weighted by Crippen LogP contribution is -2.43. The zero-order valence-electron chi connectivity index (χ0n) is 19.1. The minimum atomic E-state index is -1.03. The predicted octanol–water partition coefficient (Wildman–Crippen LogP) is 3.54. The molecule has 31 heavy (non-hydrogen) atoms. The van der Waals surface area contributed by atoms with E-state index in [0.717, 1.165) is 29.7 Å². The first-order valence-electron chi connectivity index (χ1n) is 10.5. The molecule has 1 aromatic carbocycles. The van der Waals surface area contributed by atoms with Gasteiger partial charge in [-0.1, -0.05) is 30.3 Å². The topological polar surface area (TPSA) is 87.3 Å². The first-order valence-corrected chi connectivity index (χ1v) is 13.3. The number of H-pyrrole nitrogens is 1. The van der Waals surface area contributed by atoms with Crippen LogP contribution < -0.4 is 5.32 Å². The van der Waals surface area contributed by atoms with Gasteiger partial charge in [0.05, 0.1) is 22.5 Å². The molecule has 2 aromatic rings. The maximum absolute atomic E-state index is 13.5. The van der Waals surface area contributed by atoms with Crippen LogP contribution in [0.15, 0.2) is 30.3 Å². The molecule has 8 heteroatoms. The molecule has 2 amide bonds. The number of hydrogen-bond donors (Lipinski definition) is 2. The summed E-state index contributed by atoms with van der Waals surface area (Å²) in [4.78, 5) is 28.4. The van der Waals surface area contributed by atoms with Crippen LogP contribution in [0.2, 0.25) is 0 Å². The average Bonchev–Trinajstić information content (AvgIpc) is 3.38. The molecular formula is C23H32N4O3S. The van der Waals surface area contributed by atoms with Crippen LogP contribution in [0.3, 0.4) is 0 Å². The van der Waals surface area contributed by atoms with Crippen molar-refractivity contribution in [2.45, 2.75) is 49.6 Å². The van der Waals surface area contributed by atoms with Gasteiger partial charge in [0, 0.05) is 12.7 Å². The lowest BCUT2D eigenvalue weighted by atomic mass is 9.99. The molecule has 2 N–H and O–H groups in total. The van der Waals surface area contributed by atoms with E-state index in [4.69, 9.17) is 4.74 Å². The molecule has 1 aliphatic carbocycles. The number of fused-ring (bicyclic) bond motifs is 1. The number of methoxy groups -OCH3 is 1. The van der Waals surface area contributed by atoms with E-state index in [1.165, 1.54) is 0 Å². The van der Waals surface area contributed by atoms with E-state index in [0.29, 0.717) is 12.4 Å². The molecule has 0 spiro atoms. The van der Waals surface area contributed by atoms with Gasteiger partial charge in [-0.2, -0.15) is 5.10 Å². The van der Waals surface area contributed by atoms with Crippen molar-refractivity contribution in [3.05, 3.63) is 47.2 Å². The number of rotatable bonds is 6. The molecule has 1 saturated carbocycles. The molecule has 1 fully saturated rings. The number of amides is 2. The molecule has 7 nitrogen and oxygen atoms in total. The minimum absolute atomic E-state index is 0.0472. The van der Waals surface area contributed by atoms with E-state index in [-0.39, 0.29) is 16.6 Å². The molecular weight excluding hydrogens is 412 g/mol. The van der Waals surface area contributed by atoms with E-state index in [9.17, 15) is 9.59 Å². The summed E-state index contributed by atoms with van der Waals surface area (Å²) in [5.41, 5.74) is 1.94. The van der Waals surface area contributed by atoms with Gasteiger partial charge in [-0.05, 0) is 51.0 Å². The van der Waals surface area contributed by atoms with Crippen LogP contribution in [0.1, 0.15) is 49.6 Å². The highest BCUT2D eigenvalue weighted by molar-refractivity contribution is 8.34. The molecule has 4 rings (SSSR count). The van der Waals surface area contributed by atoms with Crippen molar-refractivity contribution in [3.8, 4) is 0 Å². The van der Waals surface area contributed by atoms with Gasteiger partial charge < -0.3 is 15.0 Å². The number of aromatic nitrogens is 2. The number of carbonyl (C=O) groups excluding carboxylic acids is 2. The first-order chi connectivity index (χ1) is 14.5. The second kappa shape index (κ2) is 7.38. The maximum Gasteiger partial charge on any atom is 0.257 e. The standard InChI is InChI=1S/C23H32N4O3S/c1-22(2)18-16(14-27(22)20(28)17(30-3)15-10-8-7-9-11-15)19(26-25-18)24-21(29)23(12-13-23)31(4,5)6/h7-11,17H,12-14H2,1-6H3,(H2,24,25,26,29). The SMILES string of the molecule is COC(C(=O)N1Cc2c(NC(=O)C3(S(C)(C)C)CC3)n[nH]c2C1(C)C)c1ccccc1. The third-order valence-electron chi connectivity index (χ3n) is 6.82. The summed E-state index contributed by atoms with van der Waals surface area (Å²) in [5, 5.41) is 10.6. The van der Waals surface area contributed by atoms with Gasteiger partial charge in [0.15, 0.2) is 11.9 Å². The third-order valence-corrected chi connectivity index (χ3v) is 9.76. The van der Waals surface area contributed by atoms with Crippen molar-refractivity contribution in [2.24, 2.45) is 0 Å². The van der Waals surface area contributed by atoms with Gasteiger partial charge in [0.25, 0.3) is 5.91 Å². The molecule has 1 aromatic heterocycles. The Hall–Kier alpha value is -2.32. The molecule has 2 aliphatic rings. The number of benzene rings is 1. The Morgan fingerprint density at radius 3 is 2.39 bits per heavy atom. The van der Waals surface area contributed by atoms with Crippen LogP contribution in [0.5, 0.6) is 0 Å². The first kappa shape index (κ1) is 21.9. The van der Waals surface area contributed by atoms with Crippen LogP contribution in [0, 0.1) is 0 Å². The predicted molar refractivity (Wildman–Crippen MR) is 124 cm³/mol. The molecule has 168 valence electrons. The molecule has 0 radical (unpaired) electrons. The lowest BCUT2D eigenvalue weighted by Gasteiger charge is -2.35. The number of nitrogens with zero attached hydrogens (tertiary/aromatic N) is 2. The average molecular weight is 445 g/mol. The highest BCUT2D eigenvalue weighted by atomic mass is 32.3. The van der Waals surface area contributed by atoms with Crippen LogP contribution in [-0.4, -0.2) is 57.5 Å². The van der Waals surface area contributed by atoms with E-state index in [1.807, 2.05) is 44.2 Å². The fraction of sp³-hybridized carbons (Fsp3) is 0.522. The van der Waals surface area contributed by atoms with Crippen LogP contribution in [0.25, 0.3) is 0 Å². The van der Waals surface area contributed by atoms with E-state index in [1.54, 1.807) is 12.0 Å². The lowest BCUT2D eigenvalue weighted by molar-refractivity contribution is -0.148. The summed E-state index contributed by atoms with van der Waals surface area (Å²) in [6.07, 6.45) is 7.72. The number of hydrogen-bond acceptors (Lipinski definition) is 4. The number of ether oxygens (including phenoxy) is 1. The molecule has 0 bridgehead atoms. The number of carbonyl (C=O) groups is 2. The maximum atomic E-state index is 13.5. The van der Waals surface area contributed by atoms with Crippen molar-refractivity contribution in [1.82, 2.24) is 15.1 Å². The Balaban J connectivity index is 1.58. The molecule has 0 saturated heterocycles. The Morgan fingerprint density at radius 1 is 1.19 bits per heavy atom. The highest BCUT2D eigenvalue weighted by Gasteiger charge is 2.56. The fourth-order valence-corrected chi connectivity index (χ4v) is 6.51. The Kier molecular flexibility index (Phi) is 5.21. The van der Waals surface area contributed by atoms with Gasteiger partial charge in [-0.3, -0.25) is 14.7 Å². The monoisotopic (exact) mass is 444 g/mol. The van der Waals surface area contributed by atoms with Crippen molar-refractivity contribution in [2.75, 3.05) is 31.2 Å². The van der Waals surface area contributed by atoms with Crippen LogP contribution in [0.4, 0.5) is 5.82 Å². The highest BCUT2D eigenvalue weighted by Crippen LogP contribution is 2.64. The second-order valence-electron chi connectivity index (χ2n) is 9.72. The summed E-state index contributed by atoms with van der Waals surface area (Å²) in [6.45, 7) is 4.34. The van der Waals surface area contributed by atoms with Crippen molar-refractivity contribution < 1.29 is 14.3 Å². The summed E-state index contributed by atoms with van der Waals surface area (Å²) >= 11 is 0. The van der Waals surface area contributed by atoms with Gasteiger partial charge in [-0.25, -0.2) is 10.0 Å². The number of nitrogens with one attached hydrogen (secondary N) is 2. The Morgan fingerprint density at radius 2 is 1.84 bits per heavy atom. The second-order valence-corrected chi connectivity index (χ2v) is 14.2. The molecule has 1 unspecified atom stereocenters. The van der Waals surface area contributed by atoms with Crippen LogP contribution >= 0.6 is 10.0 Å². The van der Waals surface area contributed by atoms with Gasteiger partial charge in [0.2, 0.25) is 5.91 Å². The smallest absolute Gasteiger partial charge is 0.257 e. The van der Waals surface area contributed by atoms with Crippen LogP contribution in [-0.2, 0) is 26.4 Å². The van der Waals surface area contributed by atoms with E-state index >= 15 is 0 Å². The van der Waals surface area contributed by atoms with Gasteiger partial charge >= 0.3 is 0 Å². The summed E-state index contributed by atoms with van der Waals surface area (Å²) < 4.78 is 5.31. The largest absolute Gasteiger partial charge is 0.367 e. The van der Waals surface area contributed by atoms with Crippen molar-refractivity contribution in [1.29, 1.82) is 0 Å². The van der Waals surface area contributed by atoms with Crippen molar-refractivity contribution in [3.63, 3.8) is 0 Å². The normalized spacial score (nSPS) is 20.1. The molecule has 2 heterocycles. The zero-order valence-corrected chi connectivity index (χ0v) is 19.9. The van der Waals surface area contributed by atoms with E-state index in [2.05, 4.69) is 34.3 Å². The molecule has 1 aliphatic heterocycles. The third kappa shape index (κ3) is 3.46. The summed E-state index contributed by atoms with van der Waals surface area (Å²) in [7, 11) is 0.519. The minimum Gasteiger partial charge on any atom is -0.367 e. The van der Waals surface area contributed by atoms with E-state index < -0.39 is 21.7 Å². The summed E-state index contributed by atoms with van der Waals surface area (Å²) in [6, 6.07) is 9.50. The van der Waals surface area contributed by atoms with Gasteiger partial charge in [-0.15, -0.1) is 0 Å². The zero-order chi connectivity index (χ0) is 22.6. The van der Waals surface area contributed by atoms with Gasteiger partial charge in [0.1, 0.15) is 0 Å². The number of anilines is 1. The Bertz CT molecular complexity index is 1010.